The Morgan fingerprint density at radius 2 is 1.82 bits per heavy atom. The van der Waals surface area contributed by atoms with Crippen LogP contribution in [-0.2, 0) is 22.1 Å². The number of aromatic nitrogens is 2. The van der Waals surface area contributed by atoms with Crippen LogP contribution in [0.1, 0.15) is 59.7 Å². The maximum Gasteiger partial charge on any atom is 0.194 e. The number of nitrogens with one attached hydrogen (secondary N) is 1. The number of benzene rings is 2. The van der Waals surface area contributed by atoms with Crippen LogP contribution in [0.5, 0.6) is 17.2 Å². The molecule has 2 heterocycles. The van der Waals surface area contributed by atoms with Gasteiger partial charge in [0.15, 0.2) is 17.3 Å². The van der Waals surface area contributed by atoms with Crippen molar-refractivity contribution in [3.63, 3.8) is 0 Å². The SMILES string of the molecule is CC(=O)c1c(O)c(C)c(O)c2c1OC1=CC(=O)/C(=C(/C)NC(c3ccccc3)c3nccn3C)C(=O)[C@]12C. The molecule has 0 radical (unpaired) electrons. The van der Waals surface area contributed by atoms with E-state index < -0.39 is 34.6 Å². The lowest BCUT2D eigenvalue weighted by Gasteiger charge is -2.30. The standard InChI is InChI=1S/C29H27N3O6/c1-14-24(35)21(16(3)33)26-22(25(14)36)29(4)19(38-26)13-18(34)20(27(29)37)15(2)31-23(17-9-7-6-8-10-17)28-30-11-12-32(28)5/h6-13,23,31,35-36H,1-5H3/b20-15+/t23?,29-/m1/s1. The van der Waals surface area contributed by atoms with Crippen LogP contribution in [0.3, 0.4) is 0 Å². The molecule has 1 aliphatic heterocycles. The second-order valence-electron chi connectivity index (χ2n) is 9.77. The van der Waals surface area contributed by atoms with Crippen molar-refractivity contribution in [3.05, 3.63) is 93.9 Å². The molecule has 194 valence electrons. The summed E-state index contributed by atoms with van der Waals surface area (Å²) in [5.74, 6) is -1.90. The maximum atomic E-state index is 14.1. The van der Waals surface area contributed by atoms with Crippen molar-refractivity contribution in [3.8, 4) is 17.2 Å². The molecule has 2 aliphatic rings. The molecule has 9 nitrogen and oxygen atoms in total. The Morgan fingerprint density at radius 1 is 1.13 bits per heavy atom. The van der Waals surface area contributed by atoms with Gasteiger partial charge in [0.05, 0.1) is 11.1 Å². The third kappa shape index (κ3) is 3.46. The minimum absolute atomic E-state index is 0.00874. The number of carbonyl (C=O) groups excluding carboxylic acids is 3. The number of phenols is 2. The van der Waals surface area contributed by atoms with Crippen molar-refractivity contribution in [1.82, 2.24) is 14.9 Å². The Labute approximate surface area is 219 Å². The van der Waals surface area contributed by atoms with Gasteiger partial charge in [-0.15, -0.1) is 0 Å². The number of nitrogens with zero attached hydrogens (tertiary/aromatic N) is 2. The van der Waals surface area contributed by atoms with Crippen LogP contribution in [0.15, 0.2) is 65.8 Å². The van der Waals surface area contributed by atoms with E-state index in [2.05, 4.69) is 10.3 Å². The lowest BCUT2D eigenvalue weighted by atomic mass is 9.70. The third-order valence-corrected chi connectivity index (χ3v) is 7.37. The number of phenolic OH excluding ortho intramolecular Hbond substituents is 2. The summed E-state index contributed by atoms with van der Waals surface area (Å²) in [7, 11) is 1.86. The van der Waals surface area contributed by atoms with Gasteiger partial charge in [-0.25, -0.2) is 4.98 Å². The fourth-order valence-electron chi connectivity index (χ4n) is 5.25. The molecule has 2 atom stereocenters. The largest absolute Gasteiger partial charge is 0.507 e. The molecule has 0 spiro atoms. The van der Waals surface area contributed by atoms with Gasteiger partial charge in [-0.2, -0.15) is 0 Å². The summed E-state index contributed by atoms with van der Waals surface area (Å²) < 4.78 is 7.69. The molecule has 1 unspecified atom stereocenters. The number of imidazole rings is 1. The molecule has 1 aliphatic carbocycles. The van der Waals surface area contributed by atoms with Crippen LogP contribution < -0.4 is 10.1 Å². The van der Waals surface area contributed by atoms with E-state index in [1.54, 1.807) is 20.0 Å². The molecule has 9 heteroatoms. The molecule has 3 N–H and O–H groups in total. The molecule has 1 aromatic heterocycles. The number of aryl methyl sites for hydroxylation is 1. The van der Waals surface area contributed by atoms with Gasteiger partial charge in [0, 0.05) is 36.8 Å². The van der Waals surface area contributed by atoms with Crippen LogP contribution in [-0.4, -0.2) is 37.1 Å². The molecule has 38 heavy (non-hydrogen) atoms. The first-order chi connectivity index (χ1) is 18.0. The predicted molar refractivity (Wildman–Crippen MR) is 138 cm³/mol. The number of rotatable bonds is 5. The van der Waals surface area contributed by atoms with Crippen LogP contribution in [0, 0.1) is 6.92 Å². The minimum Gasteiger partial charge on any atom is -0.507 e. The van der Waals surface area contributed by atoms with Crippen molar-refractivity contribution in [2.24, 2.45) is 7.05 Å². The summed E-state index contributed by atoms with van der Waals surface area (Å²) >= 11 is 0. The minimum atomic E-state index is -1.58. The number of carbonyl (C=O) groups is 3. The van der Waals surface area contributed by atoms with Gasteiger partial charge < -0.3 is 24.8 Å². The zero-order chi connectivity index (χ0) is 27.5. The maximum absolute atomic E-state index is 14.1. The lowest BCUT2D eigenvalue weighted by Crippen LogP contribution is -2.41. The highest BCUT2D eigenvalue weighted by Gasteiger charge is 2.56. The van der Waals surface area contributed by atoms with E-state index in [4.69, 9.17) is 4.74 Å². The van der Waals surface area contributed by atoms with Crippen molar-refractivity contribution < 1.29 is 29.3 Å². The molecule has 0 bridgehead atoms. The Hall–Kier alpha value is -4.66. The topological polar surface area (TPSA) is 131 Å². The number of ketones is 3. The summed E-state index contributed by atoms with van der Waals surface area (Å²) in [6, 6.07) is 9.05. The van der Waals surface area contributed by atoms with Gasteiger partial charge in [0.1, 0.15) is 45.9 Å². The van der Waals surface area contributed by atoms with Crippen LogP contribution >= 0.6 is 0 Å². The van der Waals surface area contributed by atoms with E-state index in [0.717, 1.165) is 5.56 Å². The molecule has 0 saturated heterocycles. The number of hydrogen-bond acceptors (Lipinski definition) is 8. The highest BCUT2D eigenvalue weighted by atomic mass is 16.5. The molecule has 0 saturated carbocycles. The quantitative estimate of drug-likeness (QED) is 0.268. The first kappa shape index (κ1) is 25.0. The van der Waals surface area contributed by atoms with Crippen LogP contribution in [0.2, 0.25) is 0 Å². The molecule has 3 aromatic rings. The number of fused-ring (bicyclic) bond motifs is 3. The average Bonchev–Trinajstić information content (AvgIpc) is 3.42. The van der Waals surface area contributed by atoms with E-state index in [9.17, 15) is 24.6 Å². The Bertz CT molecular complexity index is 1600. The van der Waals surface area contributed by atoms with Crippen molar-refractivity contribution in [2.45, 2.75) is 39.2 Å². The smallest absolute Gasteiger partial charge is 0.194 e. The zero-order valence-electron chi connectivity index (χ0n) is 21.6. The first-order valence-corrected chi connectivity index (χ1v) is 12.1. The van der Waals surface area contributed by atoms with E-state index in [0.29, 0.717) is 11.5 Å². The molecule has 2 aromatic carbocycles. The molecule has 5 rings (SSSR count). The Balaban J connectivity index is 1.66. The van der Waals surface area contributed by atoms with E-state index in [1.807, 2.05) is 48.1 Å². The number of allylic oxidation sites excluding steroid dienone is 4. The highest BCUT2D eigenvalue weighted by molar-refractivity contribution is 6.31. The summed E-state index contributed by atoms with van der Waals surface area (Å²) in [6.07, 6.45) is 4.68. The molecular weight excluding hydrogens is 486 g/mol. The molecular formula is C29H27N3O6. The number of hydrogen-bond donors (Lipinski definition) is 3. The number of aromatic hydroxyl groups is 2. The monoisotopic (exact) mass is 513 g/mol. The summed E-state index contributed by atoms with van der Waals surface area (Å²) in [4.78, 5) is 44.3. The summed E-state index contributed by atoms with van der Waals surface area (Å²) in [5.41, 5.74) is -0.531. The predicted octanol–water partition coefficient (Wildman–Crippen LogP) is 3.68. The van der Waals surface area contributed by atoms with E-state index in [1.165, 1.54) is 19.9 Å². The van der Waals surface area contributed by atoms with Crippen molar-refractivity contribution >= 4 is 17.3 Å². The van der Waals surface area contributed by atoms with Crippen molar-refractivity contribution in [2.75, 3.05) is 0 Å². The normalized spacial score (nSPS) is 20.3. The van der Waals surface area contributed by atoms with E-state index in [-0.39, 0.29) is 39.5 Å². The fourth-order valence-corrected chi connectivity index (χ4v) is 5.25. The first-order valence-electron chi connectivity index (χ1n) is 12.1. The average molecular weight is 514 g/mol. The van der Waals surface area contributed by atoms with Gasteiger partial charge in [0.2, 0.25) is 0 Å². The van der Waals surface area contributed by atoms with E-state index >= 15 is 0 Å². The lowest BCUT2D eigenvalue weighted by molar-refractivity contribution is -0.123. The van der Waals surface area contributed by atoms with Gasteiger partial charge in [0.25, 0.3) is 0 Å². The van der Waals surface area contributed by atoms with Gasteiger partial charge in [-0.3, -0.25) is 14.4 Å². The third-order valence-electron chi connectivity index (χ3n) is 7.37. The second kappa shape index (κ2) is 8.72. The van der Waals surface area contributed by atoms with Gasteiger partial charge >= 0.3 is 0 Å². The summed E-state index contributed by atoms with van der Waals surface area (Å²) in [5, 5.41) is 24.9. The highest BCUT2D eigenvalue weighted by Crippen LogP contribution is 2.57. The van der Waals surface area contributed by atoms with Crippen LogP contribution in [0.25, 0.3) is 0 Å². The number of Topliss-reactive ketones (excluding diaryl/α,β-unsaturated/α-hetero) is 2. The second-order valence-corrected chi connectivity index (χ2v) is 9.77. The van der Waals surface area contributed by atoms with Crippen molar-refractivity contribution in [1.29, 1.82) is 0 Å². The Kier molecular flexibility index (Phi) is 5.74. The Morgan fingerprint density at radius 3 is 2.42 bits per heavy atom. The fraction of sp³-hybridized carbons (Fsp3) is 0.241. The summed E-state index contributed by atoms with van der Waals surface area (Å²) in [6.45, 7) is 5.88. The van der Waals surface area contributed by atoms with Gasteiger partial charge in [-0.05, 0) is 33.3 Å². The number of ether oxygens (including phenoxy) is 1. The van der Waals surface area contributed by atoms with Crippen LogP contribution in [0.4, 0.5) is 0 Å². The zero-order valence-corrected chi connectivity index (χ0v) is 21.6. The molecule has 0 fully saturated rings. The van der Waals surface area contributed by atoms with Gasteiger partial charge in [-0.1, -0.05) is 30.3 Å². The molecule has 0 amide bonds.